The maximum atomic E-state index is 11.5. The van der Waals surface area contributed by atoms with Crippen molar-refractivity contribution in [3.63, 3.8) is 0 Å². The molecule has 6 heteroatoms. The number of fused-ring (bicyclic) bond motifs is 6. The second kappa shape index (κ2) is 6.16. The molecular formula is C24H20N4O2. The lowest BCUT2D eigenvalue weighted by molar-refractivity contribution is 0.0691. The molecule has 148 valence electrons. The minimum atomic E-state index is -0.943. The molecule has 6 nitrogen and oxygen atoms in total. The second-order valence-corrected chi connectivity index (χ2v) is 8.10. The van der Waals surface area contributed by atoms with Crippen molar-refractivity contribution in [2.75, 3.05) is 0 Å². The Morgan fingerprint density at radius 3 is 2.63 bits per heavy atom. The van der Waals surface area contributed by atoms with E-state index in [4.69, 9.17) is 4.98 Å². The zero-order valence-electron chi connectivity index (χ0n) is 16.5. The first-order chi connectivity index (χ1) is 14.6. The first-order valence-corrected chi connectivity index (χ1v) is 10.3. The van der Waals surface area contributed by atoms with Gasteiger partial charge in [0, 0.05) is 27.2 Å². The van der Waals surface area contributed by atoms with Crippen LogP contribution in [-0.4, -0.2) is 31.2 Å². The van der Waals surface area contributed by atoms with Crippen LogP contribution in [0.2, 0.25) is 0 Å². The molecule has 5 aromatic rings. The first-order valence-electron chi connectivity index (χ1n) is 10.3. The molecule has 0 spiro atoms. The van der Waals surface area contributed by atoms with Crippen molar-refractivity contribution in [1.82, 2.24) is 20.2 Å². The van der Waals surface area contributed by atoms with E-state index < -0.39 is 5.97 Å². The zero-order chi connectivity index (χ0) is 20.4. The second-order valence-electron chi connectivity index (χ2n) is 8.10. The third kappa shape index (κ3) is 2.40. The highest BCUT2D eigenvalue weighted by molar-refractivity contribution is 6.10. The van der Waals surface area contributed by atoms with Gasteiger partial charge in [0.1, 0.15) is 5.69 Å². The fourth-order valence-corrected chi connectivity index (χ4v) is 4.88. The molecule has 3 N–H and O–H groups in total. The van der Waals surface area contributed by atoms with Gasteiger partial charge in [0.05, 0.1) is 22.4 Å². The topological polar surface area (TPSA) is 94.7 Å². The van der Waals surface area contributed by atoms with Crippen LogP contribution in [0.4, 0.5) is 0 Å². The number of hydrogen-bond acceptors (Lipinski definition) is 3. The Kier molecular flexibility index (Phi) is 3.53. The monoisotopic (exact) mass is 396 g/mol. The van der Waals surface area contributed by atoms with Gasteiger partial charge in [0.15, 0.2) is 0 Å². The van der Waals surface area contributed by atoms with Crippen molar-refractivity contribution >= 4 is 38.7 Å². The van der Waals surface area contributed by atoms with Gasteiger partial charge in [-0.25, -0.2) is 9.78 Å². The molecule has 3 heterocycles. The highest BCUT2D eigenvalue weighted by Gasteiger charge is 2.22. The summed E-state index contributed by atoms with van der Waals surface area (Å²) in [6, 6.07) is 12.0. The van der Waals surface area contributed by atoms with Crippen LogP contribution < -0.4 is 0 Å². The number of nitrogens with one attached hydrogen (secondary N) is 2. The summed E-state index contributed by atoms with van der Waals surface area (Å²) >= 11 is 0. The normalized spacial score (nSPS) is 13.9. The quantitative estimate of drug-likeness (QED) is 0.385. The Bertz CT molecular complexity index is 1490. The lowest BCUT2D eigenvalue weighted by Crippen LogP contribution is -2.07. The summed E-state index contributed by atoms with van der Waals surface area (Å²) in [6.07, 6.45) is 4.26. The lowest BCUT2D eigenvalue weighted by Gasteiger charge is -2.22. The molecule has 0 fully saturated rings. The maximum Gasteiger partial charge on any atom is 0.352 e. The molecule has 2 aromatic carbocycles. The Morgan fingerprint density at radius 1 is 1.00 bits per heavy atom. The lowest BCUT2D eigenvalue weighted by atomic mass is 9.85. The molecule has 0 atom stereocenters. The number of pyridine rings is 1. The molecule has 0 aliphatic heterocycles. The molecule has 30 heavy (non-hydrogen) atoms. The van der Waals surface area contributed by atoms with Gasteiger partial charge in [-0.1, -0.05) is 6.07 Å². The molecule has 0 unspecified atom stereocenters. The van der Waals surface area contributed by atoms with Crippen molar-refractivity contribution < 1.29 is 9.90 Å². The highest BCUT2D eigenvalue weighted by atomic mass is 16.4. The smallest absolute Gasteiger partial charge is 0.352 e. The van der Waals surface area contributed by atoms with E-state index in [0.717, 1.165) is 75.3 Å². The number of nitrogens with zero attached hydrogens (tertiary/aromatic N) is 2. The molecule has 0 bridgehead atoms. The number of aryl methyl sites for hydroxylation is 2. The van der Waals surface area contributed by atoms with Gasteiger partial charge in [0.2, 0.25) is 0 Å². The Hall–Kier alpha value is -3.67. The molecule has 0 amide bonds. The summed E-state index contributed by atoms with van der Waals surface area (Å²) in [7, 11) is 0. The van der Waals surface area contributed by atoms with Crippen LogP contribution in [0, 0.1) is 6.92 Å². The number of carbonyl (C=O) groups is 1. The fraction of sp³-hybridized carbons (Fsp3) is 0.208. The molecule has 1 aliphatic rings. The van der Waals surface area contributed by atoms with Gasteiger partial charge in [0.25, 0.3) is 0 Å². The van der Waals surface area contributed by atoms with Gasteiger partial charge in [-0.15, -0.1) is 0 Å². The van der Waals surface area contributed by atoms with Crippen LogP contribution in [0.5, 0.6) is 0 Å². The Morgan fingerprint density at radius 2 is 1.80 bits per heavy atom. The average Bonchev–Trinajstić information content (AvgIpc) is 3.36. The number of aromatic nitrogens is 4. The Labute approximate surface area is 171 Å². The average molecular weight is 396 g/mol. The third-order valence-corrected chi connectivity index (χ3v) is 6.33. The van der Waals surface area contributed by atoms with Crippen LogP contribution in [0.1, 0.15) is 40.2 Å². The van der Waals surface area contributed by atoms with E-state index in [1.54, 1.807) is 6.07 Å². The van der Waals surface area contributed by atoms with E-state index in [0.29, 0.717) is 0 Å². The molecule has 1 aliphatic carbocycles. The number of benzene rings is 2. The summed E-state index contributed by atoms with van der Waals surface area (Å²) in [6.45, 7) is 2.01. The minimum Gasteiger partial charge on any atom is -0.477 e. The number of carboxylic acid groups (broad SMARTS) is 1. The minimum absolute atomic E-state index is 0.215. The van der Waals surface area contributed by atoms with E-state index in [2.05, 4.69) is 33.4 Å². The van der Waals surface area contributed by atoms with Crippen molar-refractivity contribution in [3.8, 4) is 11.3 Å². The third-order valence-electron chi connectivity index (χ3n) is 6.33. The summed E-state index contributed by atoms with van der Waals surface area (Å²) in [5, 5.41) is 20.0. The van der Waals surface area contributed by atoms with E-state index >= 15 is 0 Å². The molecule has 3 aromatic heterocycles. The maximum absolute atomic E-state index is 11.5. The van der Waals surface area contributed by atoms with Crippen molar-refractivity contribution in [3.05, 3.63) is 58.9 Å². The summed E-state index contributed by atoms with van der Waals surface area (Å²) in [5.41, 5.74) is 8.73. The van der Waals surface area contributed by atoms with Gasteiger partial charge in [-0.05, 0) is 74.1 Å². The molecular weight excluding hydrogens is 376 g/mol. The van der Waals surface area contributed by atoms with E-state index in [1.165, 1.54) is 11.1 Å². The zero-order valence-corrected chi connectivity index (χ0v) is 16.5. The largest absolute Gasteiger partial charge is 0.477 e. The van der Waals surface area contributed by atoms with Crippen LogP contribution in [0.25, 0.3) is 44.0 Å². The molecule has 6 rings (SSSR count). The van der Waals surface area contributed by atoms with Crippen molar-refractivity contribution in [2.45, 2.75) is 32.6 Å². The van der Waals surface area contributed by atoms with Crippen LogP contribution in [0.15, 0.2) is 36.4 Å². The van der Waals surface area contributed by atoms with Gasteiger partial charge < -0.3 is 10.1 Å². The van der Waals surface area contributed by atoms with E-state index in [-0.39, 0.29) is 5.69 Å². The van der Waals surface area contributed by atoms with Crippen LogP contribution >= 0.6 is 0 Å². The predicted molar refractivity (Wildman–Crippen MR) is 117 cm³/mol. The van der Waals surface area contributed by atoms with Gasteiger partial charge in [-0.2, -0.15) is 5.10 Å². The standard InChI is InChI=1S/C24H20N4O2/c1-12-16-10-13(6-7-19(16)28-27-12)23-15-5-3-2-4-14(15)22-17-11-21(24(29)30)25-18(17)8-9-20(22)26-23/h6-11,25H,2-5H2,1H3,(H,27,28)(H,29,30). The summed E-state index contributed by atoms with van der Waals surface area (Å²) in [5.74, 6) is -0.943. The fourth-order valence-electron chi connectivity index (χ4n) is 4.88. The Balaban J connectivity index is 1.68. The number of carboxylic acids is 1. The first kappa shape index (κ1) is 17.2. The SMILES string of the molecule is Cc1n[nH]c2ccc(-c3nc4ccc5[nH]c(C(=O)O)cc5c4c4c3CCCC4)cc12. The number of H-pyrrole nitrogens is 2. The van der Waals surface area contributed by atoms with Crippen molar-refractivity contribution in [2.24, 2.45) is 0 Å². The van der Waals surface area contributed by atoms with Crippen LogP contribution in [0.3, 0.4) is 0 Å². The highest BCUT2D eigenvalue weighted by Crippen LogP contribution is 2.39. The summed E-state index contributed by atoms with van der Waals surface area (Å²) in [4.78, 5) is 19.6. The van der Waals surface area contributed by atoms with Crippen molar-refractivity contribution in [1.29, 1.82) is 0 Å². The number of hydrogen-bond donors (Lipinski definition) is 3. The molecule has 0 saturated heterocycles. The van der Waals surface area contributed by atoms with Crippen LogP contribution in [-0.2, 0) is 12.8 Å². The number of aromatic carboxylic acids is 1. The predicted octanol–water partition coefficient (Wildman–Crippen LogP) is 5.14. The van der Waals surface area contributed by atoms with E-state index in [1.807, 2.05) is 19.1 Å². The number of rotatable bonds is 2. The number of aromatic amines is 2. The molecule has 0 saturated carbocycles. The summed E-state index contributed by atoms with van der Waals surface area (Å²) < 4.78 is 0. The molecule has 0 radical (unpaired) electrons. The van der Waals surface area contributed by atoms with E-state index in [9.17, 15) is 9.90 Å². The van der Waals surface area contributed by atoms with Gasteiger partial charge in [-0.3, -0.25) is 5.10 Å². The van der Waals surface area contributed by atoms with Gasteiger partial charge >= 0.3 is 5.97 Å².